The third-order valence-electron chi connectivity index (χ3n) is 4.54. The van der Waals surface area contributed by atoms with E-state index in [0.29, 0.717) is 15.6 Å². The summed E-state index contributed by atoms with van der Waals surface area (Å²) in [7, 11) is 0. The molecule has 1 heterocycles. The molecule has 1 aromatic rings. The summed E-state index contributed by atoms with van der Waals surface area (Å²) in [5.74, 6) is 0.0801. The maximum absolute atomic E-state index is 12.6. The second-order valence-corrected chi connectivity index (χ2v) is 6.81. The van der Waals surface area contributed by atoms with Gasteiger partial charge in [0.1, 0.15) is 0 Å². The molecule has 1 aromatic carbocycles. The van der Waals surface area contributed by atoms with Crippen molar-refractivity contribution in [3.8, 4) is 0 Å². The fourth-order valence-corrected chi connectivity index (χ4v) is 3.51. The van der Waals surface area contributed by atoms with Gasteiger partial charge >= 0.3 is 0 Å². The first-order valence-electron chi connectivity index (χ1n) is 7.53. The van der Waals surface area contributed by atoms with E-state index in [0.717, 1.165) is 32.2 Å². The number of Topliss-reactive ketones (excluding diaryl/α,β-unsaturated/α-hetero) is 1. The van der Waals surface area contributed by atoms with Crippen molar-refractivity contribution in [2.45, 2.75) is 31.8 Å². The third kappa shape index (κ3) is 3.42. The van der Waals surface area contributed by atoms with Crippen LogP contribution < -0.4 is 0 Å². The molecule has 0 radical (unpaired) electrons. The van der Waals surface area contributed by atoms with Crippen LogP contribution in [0.3, 0.4) is 0 Å². The van der Waals surface area contributed by atoms with Crippen LogP contribution in [-0.4, -0.2) is 53.8 Å². The number of carbonyl (C=O) groups excluding carboxylic acids is 1. The normalized spacial score (nSPS) is 22.2. The third-order valence-corrected chi connectivity index (χ3v) is 5.08. The SMILES string of the molecule is CC(C(=O)c1ccc(Cl)cc1Cl)N1CCN(C2CC2)CC1. The molecule has 0 bridgehead atoms. The Hall–Kier alpha value is -0.610. The van der Waals surface area contributed by atoms with Crippen LogP contribution in [0, 0.1) is 0 Å². The second kappa shape index (κ2) is 6.25. The summed E-state index contributed by atoms with van der Waals surface area (Å²) in [6.45, 7) is 6.01. The number of hydrogen-bond acceptors (Lipinski definition) is 3. The Morgan fingerprint density at radius 1 is 1.19 bits per heavy atom. The number of rotatable bonds is 4. The monoisotopic (exact) mass is 326 g/mol. The van der Waals surface area contributed by atoms with E-state index in [9.17, 15) is 4.79 Å². The fourth-order valence-electron chi connectivity index (χ4n) is 3.01. The quantitative estimate of drug-likeness (QED) is 0.793. The van der Waals surface area contributed by atoms with Crippen LogP contribution in [0.2, 0.25) is 10.0 Å². The molecule has 2 aliphatic rings. The predicted octanol–water partition coefficient (Wildman–Crippen LogP) is 3.34. The molecule has 3 nitrogen and oxygen atoms in total. The zero-order valence-electron chi connectivity index (χ0n) is 12.2. The van der Waals surface area contributed by atoms with Crippen LogP contribution in [0.5, 0.6) is 0 Å². The number of benzene rings is 1. The smallest absolute Gasteiger partial charge is 0.181 e. The molecule has 114 valence electrons. The molecule has 1 aliphatic carbocycles. The lowest BCUT2D eigenvalue weighted by Gasteiger charge is -2.37. The van der Waals surface area contributed by atoms with E-state index >= 15 is 0 Å². The predicted molar refractivity (Wildman–Crippen MR) is 86.4 cm³/mol. The minimum absolute atomic E-state index is 0.0801. The van der Waals surface area contributed by atoms with Crippen molar-refractivity contribution in [2.24, 2.45) is 0 Å². The van der Waals surface area contributed by atoms with Crippen molar-refractivity contribution in [1.29, 1.82) is 0 Å². The summed E-state index contributed by atoms with van der Waals surface area (Å²) in [5, 5.41) is 0.998. The molecule has 1 aliphatic heterocycles. The van der Waals surface area contributed by atoms with Crippen LogP contribution >= 0.6 is 23.2 Å². The van der Waals surface area contributed by atoms with E-state index in [-0.39, 0.29) is 11.8 Å². The molecule has 5 heteroatoms. The molecule has 1 saturated carbocycles. The van der Waals surface area contributed by atoms with Crippen molar-refractivity contribution in [3.05, 3.63) is 33.8 Å². The number of carbonyl (C=O) groups is 1. The van der Waals surface area contributed by atoms with Gasteiger partial charge in [-0.15, -0.1) is 0 Å². The summed E-state index contributed by atoms with van der Waals surface area (Å²) in [6.07, 6.45) is 2.68. The van der Waals surface area contributed by atoms with Gasteiger partial charge in [0.25, 0.3) is 0 Å². The van der Waals surface area contributed by atoms with E-state index in [1.807, 2.05) is 6.92 Å². The zero-order chi connectivity index (χ0) is 15.0. The minimum atomic E-state index is -0.134. The molecular weight excluding hydrogens is 307 g/mol. The molecule has 1 saturated heterocycles. The summed E-state index contributed by atoms with van der Waals surface area (Å²) in [5.41, 5.74) is 0.568. The van der Waals surface area contributed by atoms with Gasteiger partial charge < -0.3 is 0 Å². The number of nitrogens with zero attached hydrogens (tertiary/aromatic N) is 2. The molecule has 1 unspecified atom stereocenters. The van der Waals surface area contributed by atoms with Gasteiger partial charge in [0, 0.05) is 42.8 Å². The zero-order valence-corrected chi connectivity index (χ0v) is 13.7. The first-order chi connectivity index (χ1) is 10.1. The first-order valence-corrected chi connectivity index (χ1v) is 8.29. The van der Waals surface area contributed by atoms with Crippen LogP contribution in [-0.2, 0) is 0 Å². The van der Waals surface area contributed by atoms with Gasteiger partial charge in [-0.2, -0.15) is 0 Å². The molecule has 3 rings (SSSR count). The van der Waals surface area contributed by atoms with Gasteiger partial charge in [0.15, 0.2) is 5.78 Å². The van der Waals surface area contributed by atoms with Gasteiger partial charge in [-0.1, -0.05) is 23.2 Å². The first kappa shape index (κ1) is 15.3. The Bertz CT molecular complexity index is 537. The summed E-state index contributed by atoms with van der Waals surface area (Å²) >= 11 is 12.0. The van der Waals surface area contributed by atoms with Crippen molar-refractivity contribution in [2.75, 3.05) is 26.2 Å². The summed E-state index contributed by atoms with van der Waals surface area (Å²) in [6, 6.07) is 5.75. The second-order valence-electron chi connectivity index (χ2n) is 5.97. The van der Waals surface area contributed by atoms with Gasteiger partial charge in [-0.05, 0) is 38.0 Å². The highest BCUT2D eigenvalue weighted by atomic mass is 35.5. The van der Waals surface area contributed by atoms with Crippen molar-refractivity contribution in [3.63, 3.8) is 0 Å². The molecule has 0 amide bonds. The lowest BCUT2D eigenvalue weighted by Crippen LogP contribution is -2.52. The fraction of sp³-hybridized carbons (Fsp3) is 0.562. The van der Waals surface area contributed by atoms with Crippen molar-refractivity contribution in [1.82, 2.24) is 9.80 Å². The van der Waals surface area contributed by atoms with Crippen molar-refractivity contribution >= 4 is 29.0 Å². The Balaban J connectivity index is 1.64. The number of hydrogen-bond donors (Lipinski definition) is 0. The van der Waals surface area contributed by atoms with Gasteiger partial charge in [-0.3, -0.25) is 14.6 Å². The standard InChI is InChI=1S/C16H20Cl2N2O/c1-11(16(21)14-5-2-12(17)10-15(14)18)19-6-8-20(9-7-19)13-3-4-13/h2,5,10-11,13H,3-4,6-9H2,1H3. The molecule has 21 heavy (non-hydrogen) atoms. The maximum Gasteiger partial charge on any atom is 0.181 e. The van der Waals surface area contributed by atoms with Crippen molar-refractivity contribution < 1.29 is 4.79 Å². The van der Waals surface area contributed by atoms with E-state index < -0.39 is 0 Å². The lowest BCUT2D eigenvalue weighted by atomic mass is 10.0. The highest BCUT2D eigenvalue weighted by Gasteiger charge is 2.33. The van der Waals surface area contributed by atoms with E-state index in [1.165, 1.54) is 12.8 Å². The summed E-state index contributed by atoms with van der Waals surface area (Å²) in [4.78, 5) is 17.4. The molecule has 0 N–H and O–H groups in total. The van der Waals surface area contributed by atoms with Crippen LogP contribution in [0.25, 0.3) is 0 Å². The Morgan fingerprint density at radius 3 is 2.43 bits per heavy atom. The molecular formula is C16H20Cl2N2O. The van der Waals surface area contributed by atoms with E-state index in [2.05, 4.69) is 9.80 Å². The largest absolute Gasteiger partial charge is 0.298 e. The Kier molecular flexibility index (Phi) is 4.55. The van der Waals surface area contributed by atoms with E-state index in [1.54, 1.807) is 18.2 Å². The highest BCUT2D eigenvalue weighted by Crippen LogP contribution is 2.28. The minimum Gasteiger partial charge on any atom is -0.298 e. The van der Waals surface area contributed by atoms with E-state index in [4.69, 9.17) is 23.2 Å². The van der Waals surface area contributed by atoms with Gasteiger partial charge in [0.05, 0.1) is 11.1 Å². The van der Waals surface area contributed by atoms with Gasteiger partial charge in [0.2, 0.25) is 0 Å². The van der Waals surface area contributed by atoms with Crippen LogP contribution in [0.4, 0.5) is 0 Å². The number of halogens is 2. The molecule has 0 aromatic heterocycles. The topological polar surface area (TPSA) is 23.6 Å². The Labute approximate surface area is 135 Å². The molecule has 1 atom stereocenters. The lowest BCUT2D eigenvalue weighted by molar-refractivity contribution is 0.0687. The summed E-state index contributed by atoms with van der Waals surface area (Å²) < 4.78 is 0. The highest BCUT2D eigenvalue weighted by molar-refractivity contribution is 6.37. The van der Waals surface area contributed by atoms with Crippen LogP contribution in [0.1, 0.15) is 30.1 Å². The van der Waals surface area contributed by atoms with Gasteiger partial charge in [-0.25, -0.2) is 0 Å². The average Bonchev–Trinajstić information content (AvgIpc) is 3.31. The number of piperazine rings is 1. The Morgan fingerprint density at radius 2 is 1.86 bits per heavy atom. The number of ketones is 1. The molecule has 2 fully saturated rings. The van der Waals surface area contributed by atoms with Crippen LogP contribution in [0.15, 0.2) is 18.2 Å². The maximum atomic E-state index is 12.6. The average molecular weight is 327 g/mol. The molecule has 0 spiro atoms.